The zero-order valence-corrected chi connectivity index (χ0v) is 18.4. The Morgan fingerprint density at radius 3 is 2.69 bits per heavy atom. The number of sulfonamides is 1. The summed E-state index contributed by atoms with van der Waals surface area (Å²) in [5.74, 6) is 1.71. The lowest BCUT2D eigenvalue weighted by molar-refractivity contribution is 0.192. The highest BCUT2D eigenvalue weighted by atomic mass is 32.2. The smallest absolute Gasteiger partial charge is 0.215 e. The quantitative estimate of drug-likeness (QED) is 0.706. The fourth-order valence-corrected chi connectivity index (χ4v) is 6.76. The third-order valence-electron chi connectivity index (χ3n) is 5.93. The van der Waals surface area contributed by atoms with Gasteiger partial charge < -0.3 is 4.90 Å². The van der Waals surface area contributed by atoms with Crippen molar-refractivity contribution >= 4 is 21.8 Å². The molecule has 4 nitrogen and oxygen atoms in total. The second-order valence-corrected chi connectivity index (χ2v) is 11.2. The summed E-state index contributed by atoms with van der Waals surface area (Å²) in [5, 5.41) is 0. The normalized spacial score (nSPS) is 19.3. The topological polar surface area (TPSA) is 40.6 Å². The van der Waals surface area contributed by atoms with E-state index in [0.717, 1.165) is 43.7 Å². The third kappa shape index (κ3) is 5.55. The highest BCUT2D eigenvalue weighted by Gasteiger charge is 2.27. The van der Waals surface area contributed by atoms with E-state index in [9.17, 15) is 8.42 Å². The Morgan fingerprint density at radius 2 is 1.90 bits per heavy atom. The number of rotatable bonds is 6. The molecule has 2 aliphatic heterocycles. The highest BCUT2D eigenvalue weighted by molar-refractivity contribution is 7.99. The summed E-state index contributed by atoms with van der Waals surface area (Å²) in [5.41, 5.74) is 2.44. The Morgan fingerprint density at radius 1 is 1.07 bits per heavy atom. The standard InChI is InChI=1S/C23H28N2O2S2/c26-29(27,25-14-16-28-23-9-5-4-8-22(23)19-25)17-15-24-12-10-21(11-13-24)18-20-6-2-1-3-7-20/h2,4-9,21H,10-19H2. The van der Waals surface area contributed by atoms with Crippen molar-refractivity contribution in [1.29, 1.82) is 0 Å². The molecule has 0 atom stereocenters. The van der Waals surface area contributed by atoms with Crippen molar-refractivity contribution in [1.82, 2.24) is 9.21 Å². The maximum absolute atomic E-state index is 13.0. The predicted octanol–water partition coefficient (Wildman–Crippen LogP) is 3.48. The molecular formula is C23H28N2O2S2. The van der Waals surface area contributed by atoms with E-state index in [2.05, 4.69) is 29.2 Å². The minimum Gasteiger partial charge on any atom is -0.302 e. The molecule has 0 spiro atoms. The van der Waals surface area contributed by atoms with E-state index >= 15 is 0 Å². The van der Waals surface area contributed by atoms with Crippen LogP contribution in [0.15, 0.2) is 47.4 Å². The van der Waals surface area contributed by atoms with E-state index in [0.29, 0.717) is 25.6 Å². The molecule has 0 aromatic heterocycles. The van der Waals surface area contributed by atoms with Crippen LogP contribution in [0.5, 0.6) is 0 Å². The molecule has 0 radical (unpaired) electrons. The molecule has 154 valence electrons. The van der Waals surface area contributed by atoms with Gasteiger partial charge in [0.1, 0.15) is 0 Å². The van der Waals surface area contributed by atoms with Gasteiger partial charge in [0.05, 0.1) is 5.75 Å². The number of hydrogen-bond donors (Lipinski definition) is 0. The lowest BCUT2D eigenvalue weighted by Crippen LogP contribution is -2.41. The lowest BCUT2D eigenvalue weighted by atomic mass is 9.90. The van der Waals surface area contributed by atoms with Crippen molar-refractivity contribution in [3.8, 4) is 0 Å². The zero-order valence-electron chi connectivity index (χ0n) is 16.7. The van der Waals surface area contributed by atoms with Crippen LogP contribution in [0, 0.1) is 18.1 Å². The molecule has 29 heavy (non-hydrogen) atoms. The monoisotopic (exact) mass is 428 g/mol. The Balaban J connectivity index is 1.27. The van der Waals surface area contributed by atoms with Crippen LogP contribution < -0.4 is 0 Å². The van der Waals surface area contributed by atoms with Crippen molar-refractivity contribution in [3.05, 3.63) is 65.7 Å². The molecule has 1 saturated heterocycles. The van der Waals surface area contributed by atoms with E-state index in [1.807, 2.05) is 30.3 Å². The van der Waals surface area contributed by atoms with Crippen molar-refractivity contribution in [2.45, 2.75) is 30.7 Å². The Labute approximate surface area is 179 Å². The second kappa shape index (κ2) is 9.53. The number of thioether (sulfide) groups is 1. The zero-order chi connectivity index (χ0) is 20.1. The second-order valence-electron chi connectivity index (χ2n) is 7.94. The molecule has 6 heteroatoms. The number of piperidine rings is 1. The van der Waals surface area contributed by atoms with Gasteiger partial charge in [0.2, 0.25) is 10.0 Å². The molecule has 4 rings (SSSR count). The van der Waals surface area contributed by atoms with Crippen LogP contribution in [0.4, 0.5) is 0 Å². The molecule has 2 aromatic carbocycles. The van der Waals surface area contributed by atoms with Crippen LogP contribution in [0.2, 0.25) is 0 Å². The summed E-state index contributed by atoms with van der Waals surface area (Å²) in [7, 11) is -3.24. The maximum Gasteiger partial charge on any atom is 0.215 e. The van der Waals surface area contributed by atoms with Gasteiger partial charge in [-0.3, -0.25) is 0 Å². The Hall–Kier alpha value is -1.52. The molecule has 0 aliphatic carbocycles. The largest absolute Gasteiger partial charge is 0.302 e. The molecule has 2 aliphatic rings. The van der Waals surface area contributed by atoms with Crippen molar-refractivity contribution < 1.29 is 8.42 Å². The molecule has 2 heterocycles. The lowest BCUT2D eigenvalue weighted by Gasteiger charge is -2.32. The van der Waals surface area contributed by atoms with E-state index < -0.39 is 10.0 Å². The SMILES string of the molecule is O=S(=O)(CCN1CCC(Cc2cc#ccc2)CC1)N1CCSc2ccccc2C1. The number of hydrogen-bond acceptors (Lipinski definition) is 4. The van der Waals surface area contributed by atoms with Crippen LogP contribution in [-0.4, -0.2) is 55.3 Å². The first-order chi connectivity index (χ1) is 14.1. The van der Waals surface area contributed by atoms with Crippen molar-refractivity contribution in [2.75, 3.05) is 37.7 Å². The van der Waals surface area contributed by atoms with Crippen molar-refractivity contribution in [2.24, 2.45) is 5.92 Å². The molecule has 1 fully saturated rings. The predicted molar refractivity (Wildman–Crippen MR) is 118 cm³/mol. The van der Waals surface area contributed by atoms with Crippen LogP contribution in [0.25, 0.3) is 0 Å². The average molecular weight is 429 g/mol. The van der Waals surface area contributed by atoms with E-state index in [1.165, 1.54) is 10.5 Å². The first-order valence-corrected chi connectivity index (χ1v) is 13.0. The van der Waals surface area contributed by atoms with E-state index in [4.69, 9.17) is 0 Å². The van der Waals surface area contributed by atoms with Gasteiger partial charge in [0.15, 0.2) is 0 Å². The number of benzene rings is 1. The van der Waals surface area contributed by atoms with Gasteiger partial charge in [-0.2, -0.15) is 4.31 Å². The van der Waals surface area contributed by atoms with Gasteiger partial charge in [-0.15, -0.1) is 11.8 Å². The van der Waals surface area contributed by atoms with Gasteiger partial charge in [0.25, 0.3) is 0 Å². The van der Waals surface area contributed by atoms with Crippen LogP contribution in [0.1, 0.15) is 24.0 Å². The minimum atomic E-state index is -3.24. The van der Waals surface area contributed by atoms with Gasteiger partial charge in [-0.05, 0) is 73.7 Å². The van der Waals surface area contributed by atoms with Crippen molar-refractivity contribution in [3.63, 3.8) is 0 Å². The number of likely N-dealkylation sites (tertiary alicyclic amines) is 1. The fourth-order valence-electron chi connectivity index (χ4n) is 4.17. The molecule has 0 amide bonds. The maximum atomic E-state index is 13.0. The third-order valence-corrected chi connectivity index (χ3v) is 8.82. The average Bonchev–Trinajstić information content (AvgIpc) is 2.97. The molecule has 0 saturated carbocycles. The summed E-state index contributed by atoms with van der Waals surface area (Å²) in [6, 6.07) is 20.2. The minimum absolute atomic E-state index is 0.216. The first-order valence-electron chi connectivity index (χ1n) is 10.4. The van der Waals surface area contributed by atoms with E-state index in [1.54, 1.807) is 16.1 Å². The van der Waals surface area contributed by atoms with Crippen LogP contribution in [-0.2, 0) is 23.0 Å². The molecule has 0 N–H and O–H groups in total. The van der Waals surface area contributed by atoms with E-state index in [-0.39, 0.29) is 5.75 Å². The van der Waals surface area contributed by atoms with Gasteiger partial charge in [0, 0.05) is 30.3 Å². The number of nitrogens with zero attached hydrogens (tertiary/aromatic N) is 2. The summed E-state index contributed by atoms with van der Waals surface area (Å²) >= 11 is 1.76. The fraction of sp³-hybridized carbons (Fsp3) is 0.478. The summed E-state index contributed by atoms with van der Waals surface area (Å²) in [4.78, 5) is 3.53. The van der Waals surface area contributed by atoms with Crippen LogP contribution >= 0.6 is 11.8 Å². The Kier molecular flexibility index (Phi) is 6.81. The molecular weight excluding hydrogens is 400 g/mol. The first kappa shape index (κ1) is 20.7. The van der Waals surface area contributed by atoms with Gasteiger partial charge in [-0.1, -0.05) is 30.3 Å². The van der Waals surface area contributed by atoms with Crippen LogP contribution in [0.3, 0.4) is 0 Å². The highest BCUT2D eigenvalue weighted by Crippen LogP contribution is 2.28. The molecule has 0 unspecified atom stereocenters. The van der Waals surface area contributed by atoms with Gasteiger partial charge >= 0.3 is 0 Å². The summed E-state index contributed by atoms with van der Waals surface area (Å²) in [6.45, 7) is 3.70. The Bertz CT molecular complexity index is 894. The number of fused-ring (bicyclic) bond motifs is 1. The molecule has 0 bridgehead atoms. The summed E-state index contributed by atoms with van der Waals surface area (Å²) < 4.78 is 27.6. The van der Waals surface area contributed by atoms with Gasteiger partial charge in [-0.25, -0.2) is 8.42 Å². The summed E-state index contributed by atoms with van der Waals surface area (Å²) in [6.07, 6.45) is 3.35. The molecule has 2 aromatic rings.